The molecule has 1 saturated carbocycles. The van der Waals surface area contributed by atoms with Crippen molar-refractivity contribution in [3.05, 3.63) is 15.8 Å². The van der Waals surface area contributed by atoms with E-state index in [9.17, 15) is 8.42 Å². The molecule has 0 aliphatic heterocycles. The van der Waals surface area contributed by atoms with Gasteiger partial charge >= 0.3 is 0 Å². The fraction of sp³-hybridized carbons (Fsp3) is 0.733. The summed E-state index contributed by atoms with van der Waals surface area (Å²) >= 11 is 1.56. The van der Waals surface area contributed by atoms with Crippen molar-refractivity contribution in [3.8, 4) is 0 Å². The van der Waals surface area contributed by atoms with Crippen molar-refractivity contribution < 1.29 is 8.42 Å². The predicted molar refractivity (Wildman–Crippen MR) is 88.2 cm³/mol. The minimum atomic E-state index is -3.42. The van der Waals surface area contributed by atoms with Crippen LogP contribution in [0.15, 0.2) is 11.0 Å². The summed E-state index contributed by atoms with van der Waals surface area (Å²) < 4.78 is 28.2. The Balaban J connectivity index is 2.16. The van der Waals surface area contributed by atoms with Gasteiger partial charge in [0, 0.05) is 27.9 Å². The summed E-state index contributed by atoms with van der Waals surface area (Å²) in [7, 11) is -3.42. The van der Waals surface area contributed by atoms with Gasteiger partial charge in [0.1, 0.15) is 0 Å². The van der Waals surface area contributed by atoms with Gasteiger partial charge in [-0.15, -0.1) is 11.3 Å². The Kier molecular flexibility index (Phi) is 5.13. The van der Waals surface area contributed by atoms with Crippen LogP contribution in [0.4, 0.5) is 0 Å². The van der Waals surface area contributed by atoms with Crippen LogP contribution < -0.4 is 10.0 Å². The number of hydrogen-bond donors (Lipinski definition) is 2. The molecule has 2 rings (SSSR count). The van der Waals surface area contributed by atoms with Crippen molar-refractivity contribution in [1.82, 2.24) is 10.0 Å². The summed E-state index contributed by atoms with van der Waals surface area (Å²) in [6.07, 6.45) is 4.06. The van der Waals surface area contributed by atoms with E-state index in [-0.39, 0.29) is 5.54 Å². The number of sulfonamides is 1. The molecule has 1 aliphatic rings. The van der Waals surface area contributed by atoms with Crippen LogP contribution in [-0.2, 0) is 16.6 Å². The van der Waals surface area contributed by atoms with Gasteiger partial charge in [0.05, 0.1) is 4.90 Å². The van der Waals surface area contributed by atoms with Gasteiger partial charge in [-0.05, 0) is 32.8 Å². The zero-order valence-corrected chi connectivity index (χ0v) is 15.0. The fourth-order valence-electron chi connectivity index (χ4n) is 2.82. The molecule has 1 aliphatic carbocycles. The molecular weight excluding hydrogens is 304 g/mol. The van der Waals surface area contributed by atoms with Crippen LogP contribution >= 0.6 is 11.3 Å². The Bertz CT molecular complexity index is 585. The first kappa shape index (κ1) is 16.9. The van der Waals surface area contributed by atoms with E-state index < -0.39 is 10.0 Å². The van der Waals surface area contributed by atoms with Crippen LogP contribution in [0.25, 0.3) is 0 Å². The highest BCUT2D eigenvalue weighted by molar-refractivity contribution is 7.89. The van der Waals surface area contributed by atoms with Crippen LogP contribution in [0.3, 0.4) is 0 Å². The maximum absolute atomic E-state index is 12.6. The van der Waals surface area contributed by atoms with Crippen LogP contribution in [0.1, 0.15) is 56.2 Å². The van der Waals surface area contributed by atoms with Crippen LogP contribution in [0, 0.1) is 6.92 Å². The van der Waals surface area contributed by atoms with E-state index in [2.05, 4.69) is 23.9 Å². The summed E-state index contributed by atoms with van der Waals surface area (Å²) in [5.74, 6) is 0. The van der Waals surface area contributed by atoms with Gasteiger partial charge in [-0.1, -0.05) is 26.7 Å². The quantitative estimate of drug-likeness (QED) is 0.842. The molecule has 120 valence electrons. The van der Waals surface area contributed by atoms with E-state index >= 15 is 0 Å². The molecule has 0 unspecified atom stereocenters. The number of rotatable bonds is 6. The van der Waals surface area contributed by atoms with Gasteiger partial charge in [-0.3, -0.25) is 0 Å². The highest BCUT2D eigenvalue weighted by Crippen LogP contribution is 2.32. The molecule has 2 N–H and O–H groups in total. The minimum absolute atomic E-state index is 0.274. The smallest absolute Gasteiger partial charge is 0.242 e. The van der Waals surface area contributed by atoms with Crippen molar-refractivity contribution >= 4 is 21.4 Å². The van der Waals surface area contributed by atoms with Crippen molar-refractivity contribution in [2.75, 3.05) is 0 Å². The van der Waals surface area contributed by atoms with Crippen molar-refractivity contribution in [2.45, 2.75) is 76.4 Å². The highest BCUT2D eigenvalue weighted by atomic mass is 32.2. The van der Waals surface area contributed by atoms with E-state index in [1.165, 1.54) is 0 Å². The van der Waals surface area contributed by atoms with E-state index in [1.807, 2.05) is 19.9 Å². The third kappa shape index (κ3) is 4.28. The van der Waals surface area contributed by atoms with Gasteiger partial charge in [-0.25, -0.2) is 13.1 Å². The van der Waals surface area contributed by atoms with Crippen molar-refractivity contribution in [3.63, 3.8) is 0 Å². The molecule has 0 radical (unpaired) electrons. The normalized spacial score (nSPS) is 18.5. The average molecular weight is 331 g/mol. The standard InChI is InChI=1S/C15H26N2O2S2/c1-11(2)16-10-13-9-14(12(3)20-13)21(18,19)17-15(4)7-5-6-8-15/h9,11,16-17H,5-8,10H2,1-4H3. The molecule has 1 aromatic heterocycles. The second-order valence-corrected chi connectivity index (χ2v) is 9.53. The molecule has 0 spiro atoms. The van der Waals surface area contributed by atoms with Gasteiger partial charge in [0.2, 0.25) is 10.0 Å². The van der Waals surface area contributed by atoms with E-state index in [0.29, 0.717) is 10.9 Å². The van der Waals surface area contributed by atoms with Gasteiger partial charge in [0.15, 0.2) is 0 Å². The number of nitrogens with one attached hydrogen (secondary N) is 2. The zero-order valence-electron chi connectivity index (χ0n) is 13.3. The fourth-order valence-corrected chi connectivity index (χ4v) is 5.87. The topological polar surface area (TPSA) is 58.2 Å². The molecule has 0 aromatic carbocycles. The zero-order chi connectivity index (χ0) is 15.7. The van der Waals surface area contributed by atoms with E-state index in [4.69, 9.17) is 0 Å². The lowest BCUT2D eigenvalue weighted by Gasteiger charge is -2.24. The second kappa shape index (κ2) is 6.36. The number of aryl methyl sites for hydroxylation is 1. The molecule has 0 atom stereocenters. The molecule has 0 amide bonds. The lowest BCUT2D eigenvalue weighted by Crippen LogP contribution is -2.43. The van der Waals surface area contributed by atoms with Crippen LogP contribution in [0.2, 0.25) is 0 Å². The van der Waals surface area contributed by atoms with Crippen LogP contribution in [-0.4, -0.2) is 20.0 Å². The van der Waals surface area contributed by atoms with Crippen molar-refractivity contribution in [2.24, 2.45) is 0 Å². The largest absolute Gasteiger partial charge is 0.310 e. The molecule has 1 heterocycles. The van der Waals surface area contributed by atoms with E-state index in [1.54, 1.807) is 11.3 Å². The maximum Gasteiger partial charge on any atom is 0.242 e. The first-order valence-electron chi connectivity index (χ1n) is 7.58. The maximum atomic E-state index is 12.6. The third-order valence-electron chi connectivity index (χ3n) is 3.99. The molecule has 0 saturated heterocycles. The Morgan fingerprint density at radius 2 is 1.95 bits per heavy atom. The summed E-state index contributed by atoms with van der Waals surface area (Å²) in [5.41, 5.74) is -0.274. The molecule has 1 aromatic rings. The number of thiophene rings is 1. The Hall–Kier alpha value is -0.430. The second-order valence-electron chi connectivity index (χ2n) is 6.54. The first-order chi connectivity index (χ1) is 9.72. The lowest BCUT2D eigenvalue weighted by molar-refractivity contribution is 0.427. The summed E-state index contributed by atoms with van der Waals surface area (Å²) in [4.78, 5) is 2.38. The molecule has 6 heteroatoms. The molecular formula is C15H26N2O2S2. The van der Waals surface area contributed by atoms with E-state index in [0.717, 1.165) is 42.0 Å². The molecule has 1 fully saturated rings. The lowest BCUT2D eigenvalue weighted by atomic mass is 10.0. The average Bonchev–Trinajstić information content (AvgIpc) is 2.92. The van der Waals surface area contributed by atoms with Gasteiger partial charge < -0.3 is 5.32 Å². The molecule has 4 nitrogen and oxygen atoms in total. The first-order valence-corrected chi connectivity index (χ1v) is 9.88. The third-order valence-corrected chi connectivity index (χ3v) is 6.93. The summed E-state index contributed by atoms with van der Waals surface area (Å²) in [6, 6.07) is 2.21. The molecule has 0 bridgehead atoms. The van der Waals surface area contributed by atoms with Gasteiger partial charge in [0.25, 0.3) is 0 Å². The highest BCUT2D eigenvalue weighted by Gasteiger charge is 2.34. The Labute approximate surface area is 132 Å². The Morgan fingerprint density at radius 1 is 1.33 bits per heavy atom. The SMILES string of the molecule is Cc1sc(CNC(C)C)cc1S(=O)(=O)NC1(C)CCCC1. The number of hydrogen-bond acceptors (Lipinski definition) is 4. The summed E-state index contributed by atoms with van der Waals surface area (Å²) in [6.45, 7) is 8.78. The van der Waals surface area contributed by atoms with Crippen LogP contribution in [0.5, 0.6) is 0 Å². The van der Waals surface area contributed by atoms with Crippen molar-refractivity contribution in [1.29, 1.82) is 0 Å². The Morgan fingerprint density at radius 3 is 2.52 bits per heavy atom. The predicted octanol–water partition coefficient (Wildman–Crippen LogP) is 3.17. The summed E-state index contributed by atoms with van der Waals surface area (Å²) in [5, 5.41) is 3.33. The van der Waals surface area contributed by atoms with Gasteiger partial charge in [-0.2, -0.15) is 0 Å². The minimum Gasteiger partial charge on any atom is -0.310 e. The monoisotopic (exact) mass is 330 g/mol. The molecule has 21 heavy (non-hydrogen) atoms.